The van der Waals surface area contributed by atoms with Gasteiger partial charge in [-0.2, -0.15) is 0 Å². The fraction of sp³-hybridized carbons (Fsp3) is 0.188. The number of carbonyl (C=O) groups is 1. The summed E-state index contributed by atoms with van der Waals surface area (Å²) in [6.45, 7) is 1.98. The fourth-order valence-corrected chi connectivity index (χ4v) is 3.40. The second-order valence-corrected chi connectivity index (χ2v) is 6.15. The number of carbonyl (C=O) groups excluding carboxylic acids is 1. The van der Waals surface area contributed by atoms with Crippen molar-refractivity contribution in [3.8, 4) is 5.75 Å². The minimum Gasteiger partial charge on any atom is -0.466 e. The number of nitrogens with zero attached hydrogens (tertiary/aromatic N) is 1. The van der Waals surface area contributed by atoms with Crippen LogP contribution in [-0.2, 0) is 0 Å². The van der Waals surface area contributed by atoms with E-state index in [1.54, 1.807) is 23.1 Å². The van der Waals surface area contributed by atoms with Crippen molar-refractivity contribution in [2.75, 3.05) is 0 Å². The summed E-state index contributed by atoms with van der Waals surface area (Å²) in [6.07, 6.45) is -0.395. The zero-order chi connectivity index (χ0) is 14.7. The highest BCUT2D eigenvalue weighted by molar-refractivity contribution is 6.31. The molecule has 0 spiro atoms. The molecule has 3 nitrogen and oxygen atoms in total. The molecule has 0 fully saturated rings. The summed E-state index contributed by atoms with van der Waals surface area (Å²) in [5.74, 6) is 0.708. The number of benzene rings is 2. The van der Waals surface area contributed by atoms with Gasteiger partial charge in [-0.25, -0.2) is 0 Å². The molecule has 2 aliphatic heterocycles. The predicted octanol–water partition coefficient (Wildman–Crippen LogP) is 4.60. The van der Waals surface area contributed by atoms with Crippen molar-refractivity contribution >= 4 is 29.1 Å². The molecule has 1 amide bonds. The minimum absolute atomic E-state index is 0.0596. The van der Waals surface area contributed by atoms with E-state index >= 15 is 0 Å². The maximum absolute atomic E-state index is 12.6. The van der Waals surface area contributed by atoms with Crippen LogP contribution < -0.4 is 4.74 Å². The van der Waals surface area contributed by atoms with Crippen molar-refractivity contribution in [2.45, 2.75) is 19.2 Å². The van der Waals surface area contributed by atoms with Gasteiger partial charge < -0.3 is 4.74 Å². The van der Waals surface area contributed by atoms with E-state index in [1.165, 1.54) is 0 Å². The highest BCUT2D eigenvalue weighted by Gasteiger charge is 2.45. The highest BCUT2D eigenvalue weighted by atomic mass is 35.5. The topological polar surface area (TPSA) is 29.5 Å². The first-order chi connectivity index (χ1) is 10.1. The average molecular weight is 320 g/mol. The van der Waals surface area contributed by atoms with E-state index in [-0.39, 0.29) is 11.9 Å². The second kappa shape index (κ2) is 4.39. The summed E-state index contributed by atoms with van der Waals surface area (Å²) >= 11 is 12.1. The van der Waals surface area contributed by atoms with Crippen molar-refractivity contribution in [3.05, 3.63) is 63.1 Å². The maximum atomic E-state index is 12.6. The Labute approximate surface area is 132 Å². The van der Waals surface area contributed by atoms with E-state index in [4.69, 9.17) is 27.9 Å². The first-order valence-corrected chi connectivity index (χ1v) is 7.40. The molecule has 0 radical (unpaired) electrons. The fourth-order valence-electron chi connectivity index (χ4n) is 3.05. The van der Waals surface area contributed by atoms with Crippen LogP contribution in [0.1, 0.15) is 40.7 Å². The van der Waals surface area contributed by atoms with Crippen LogP contribution in [0.3, 0.4) is 0 Å². The molecule has 2 unspecified atom stereocenters. The van der Waals surface area contributed by atoms with Crippen LogP contribution in [0.25, 0.3) is 0 Å². The summed E-state index contributed by atoms with van der Waals surface area (Å²) in [5, 5.41) is 1.19. The van der Waals surface area contributed by atoms with Crippen LogP contribution in [0.5, 0.6) is 5.75 Å². The minimum atomic E-state index is -0.395. The van der Waals surface area contributed by atoms with Gasteiger partial charge in [0.15, 0.2) is 0 Å². The molecule has 5 heteroatoms. The van der Waals surface area contributed by atoms with E-state index in [0.717, 1.165) is 16.9 Å². The van der Waals surface area contributed by atoms with Gasteiger partial charge in [-0.3, -0.25) is 9.69 Å². The lowest BCUT2D eigenvalue weighted by Gasteiger charge is -2.37. The summed E-state index contributed by atoms with van der Waals surface area (Å²) in [4.78, 5) is 14.4. The molecular formula is C16H11Cl2NO2. The van der Waals surface area contributed by atoms with Gasteiger partial charge in [-0.05, 0) is 37.3 Å². The van der Waals surface area contributed by atoms with E-state index in [2.05, 4.69) is 0 Å². The van der Waals surface area contributed by atoms with E-state index in [1.807, 2.05) is 25.1 Å². The van der Waals surface area contributed by atoms with Crippen LogP contribution in [0.4, 0.5) is 0 Å². The van der Waals surface area contributed by atoms with Gasteiger partial charge in [-0.15, -0.1) is 0 Å². The van der Waals surface area contributed by atoms with E-state index in [0.29, 0.717) is 15.6 Å². The van der Waals surface area contributed by atoms with Crippen LogP contribution in [-0.4, -0.2) is 10.8 Å². The molecule has 0 aromatic heterocycles. The van der Waals surface area contributed by atoms with Crippen LogP contribution >= 0.6 is 23.2 Å². The number of rotatable bonds is 0. The number of hydrogen-bond acceptors (Lipinski definition) is 2. The zero-order valence-electron chi connectivity index (χ0n) is 11.1. The monoisotopic (exact) mass is 319 g/mol. The number of halogens is 2. The maximum Gasteiger partial charge on any atom is 0.258 e. The van der Waals surface area contributed by atoms with Crippen molar-refractivity contribution in [2.24, 2.45) is 0 Å². The first kappa shape index (κ1) is 13.0. The Kier molecular flexibility index (Phi) is 2.72. The van der Waals surface area contributed by atoms with Gasteiger partial charge >= 0.3 is 0 Å². The lowest BCUT2D eigenvalue weighted by Crippen LogP contribution is -2.37. The molecule has 0 bridgehead atoms. The third kappa shape index (κ3) is 1.78. The molecule has 2 heterocycles. The molecule has 2 atom stereocenters. The van der Waals surface area contributed by atoms with Gasteiger partial charge in [0.25, 0.3) is 5.91 Å². The molecule has 0 N–H and O–H groups in total. The molecule has 2 aromatic rings. The van der Waals surface area contributed by atoms with Gasteiger partial charge in [0.05, 0.1) is 11.6 Å². The highest BCUT2D eigenvalue weighted by Crippen LogP contribution is 2.48. The average Bonchev–Trinajstić information content (AvgIpc) is 2.73. The van der Waals surface area contributed by atoms with Gasteiger partial charge in [0.1, 0.15) is 5.75 Å². The second-order valence-electron chi connectivity index (χ2n) is 5.27. The van der Waals surface area contributed by atoms with Gasteiger partial charge in [-0.1, -0.05) is 29.3 Å². The zero-order valence-corrected chi connectivity index (χ0v) is 12.7. The first-order valence-electron chi connectivity index (χ1n) is 6.64. The third-order valence-corrected chi connectivity index (χ3v) is 4.55. The number of amides is 1. The summed E-state index contributed by atoms with van der Waals surface area (Å²) < 4.78 is 6.02. The summed E-state index contributed by atoms with van der Waals surface area (Å²) in [5.41, 5.74) is 2.39. The lowest BCUT2D eigenvalue weighted by molar-refractivity contribution is -0.00180. The SMILES string of the molecule is CC1c2cc(Cl)ccc2OC2c3ccc(Cl)cc3C(=O)N12. The summed E-state index contributed by atoms with van der Waals surface area (Å²) in [6, 6.07) is 10.7. The Morgan fingerprint density at radius 3 is 2.57 bits per heavy atom. The number of ether oxygens (including phenoxy) is 1. The van der Waals surface area contributed by atoms with E-state index < -0.39 is 6.23 Å². The van der Waals surface area contributed by atoms with Crippen molar-refractivity contribution in [1.82, 2.24) is 4.90 Å². The van der Waals surface area contributed by atoms with Crippen LogP contribution in [0.15, 0.2) is 36.4 Å². The smallest absolute Gasteiger partial charge is 0.258 e. The van der Waals surface area contributed by atoms with Gasteiger partial charge in [0, 0.05) is 21.2 Å². The largest absolute Gasteiger partial charge is 0.466 e. The third-order valence-electron chi connectivity index (χ3n) is 4.08. The molecule has 2 aliphatic rings. The molecule has 0 aliphatic carbocycles. The van der Waals surface area contributed by atoms with Crippen LogP contribution in [0, 0.1) is 0 Å². The summed E-state index contributed by atoms with van der Waals surface area (Å²) in [7, 11) is 0. The Morgan fingerprint density at radius 1 is 1.05 bits per heavy atom. The van der Waals surface area contributed by atoms with Crippen LogP contribution in [0.2, 0.25) is 10.0 Å². The molecule has 0 saturated heterocycles. The molecule has 21 heavy (non-hydrogen) atoms. The van der Waals surface area contributed by atoms with Crippen molar-refractivity contribution < 1.29 is 9.53 Å². The molecule has 4 rings (SSSR count). The quantitative estimate of drug-likeness (QED) is 0.710. The van der Waals surface area contributed by atoms with Gasteiger partial charge in [0.2, 0.25) is 6.23 Å². The normalized spacial score (nSPS) is 22.4. The standard InChI is InChI=1S/C16H11Cl2NO2/c1-8-12-6-10(18)3-5-14(12)21-16-11-4-2-9(17)7-13(11)15(20)19(8)16/h2-8,16H,1H3. The number of hydrogen-bond donors (Lipinski definition) is 0. The molecule has 0 saturated carbocycles. The Morgan fingerprint density at radius 2 is 1.76 bits per heavy atom. The predicted molar refractivity (Wildman–Crippen MR) is 80.9 cm³/mol. The van der Waals surface area contributed by atoms with Crippen molar-refractivity contribution in [3.63, 3.8) is 0 Å². The Hall–Kier alpha value is -1.71. The Bertz CT molecular complexity index is 775. The number of fused-ring (bicyclic) bond motifs is 4. The molecule has 2 aromatic carbocycles. The van der Waals surface area contributed by atoms with E-state index in [9.17, 15) is 4.79 Å². The molecule has 106 valence electrons. The molecular weight excluding hydrogens is 309 g/mol. The van der Waals surface area contributed by atoms with Crippen molar-refractivity contribution in [1.29, 1.82) is 0 Å². The Balaban J connectivity index is 1.88. The lowest BCUT2D eigenvalue weighted by atomic mass is 10.0.